The average molecular weight is 270 g/mol. The Morgan fingerprint density at radius 2 is 2.22 bits per heavy atom. The first kappa shape index (κ1) is 14.8. The molecule has 0 aromatic heterocycles. The van der Waals surface area contributed by atoms with Crippen LogP contribution < -0.4 is 10.6 Å². The van der Waals surface area contributed by atoms with Crippen LogP contribution in [0.1, 0.15) is 12.5 Å². The topological polar surface area (TPSA) is 61.8 Å². The van der Waals surface area contributed by atoms with Crippen LogP contribution in [0.5, 0.6) is 0 Å². The number of aliphatic hydroxyl groups excluding tert-OH is 1. The largest absolute Gasteiger partial charge is 0.395 e. The monoisotopic (exact) mass is 269 g/mol. The quantitative estimate of drug-likeness (QED) is 0.472. The second-order valence-corrected chi connectivity index (χ2v) is 4.28. The fourth-order valence-electron chi connectivity index (χ4n) is 1.74. The zero-order valence-corrected chi connectivity index (χ0v) is 11.6. The molecule has 1 rings (SSSR count). The summed E-state index contributed by atoms with van der Waals surface area (Å²) in [5, 5.41) is 9.01. The van der Waals surface area contributed by atoms with Gasteiger partial charge in [0.05, 0.1) is 18.2 Å². The molecule has 100 valence electrons. The number of halogens is 1. The van der Waals surface area contributed by atoms with Gasteiger partial charge in [-0.15, -0.1) is 11.6 Å². The smallest absolute Gasteiger partial charge is 0.115 e. The van der Waals surface area contributed by atoms with Gasteiger partial charge in [0.1, 0.15) is 5.84 Å². The molecule has 0 fully saturated rings. The number of amidine groups is 1. The Morgan fingerprint density at radius 3 is 2.72 bits per heavy atom. The molecule has 0 saturated carbocycles. The van der Waals surface area contributed by atoms with Crippen molar-refractivity contribution < 1.29 is 5.11 Å². The van der Waals surface area contributed by atoms with Gasteiger partial charge >= 0.3 is 0 Å². The molecule has 3 N–H and O–H groups in total. The molecule has 18 heavy (non-hydrogen) atoms. The molecule has 0 unspecified atom stereocenters. The Morgan fingerprint density at radius 1 is 1.50 bits per heavy atom. The summed E-state index contributed by atoms with van der Waals surface area (Å²) in [5.41, 5.74) is 8.57. The number of hydrogen-bond acceptors (Lipinski definition) is 3. The first-order valence-corrected chi connectivity index (χ1v) is 6.51. The predicted molar refractivity (Wildman–Crippen MR) is 78.2 cm³/mol. The lowest BCUT2D eigenvalue weighted by Gasteiger charge is -2.22. The molecule has 5 heteroatoms. The van der Waals surface area contributed by atoms with Crippen LogP contribution in [0.15, 0.2) is 23.2 Å². The van der Waals surface area contributed by atoms with Crippen molar-refractivity contribution in [1.82, 2.24) is 0 Å². The molecule has 4 nitrogen and oxygen atoms in total. The van der Waals surface area contributed by atoms with Crippen LogP contribution >= 0.6 is 11.6 Å². The third kappa shape index (κ3) is 3.89. The molecule has 0 aliphatic rings. The number of likely N-dealkylation sites (N-methyl/N-ethyl adjacent to an activating group) is 1. The highest BCUT2D eigenvalue weighted by atomic mass is 35.5. The predicted octanol–water partition coefficient (Wildman–Crippen LogP) is 2.04. The molecule has 0 heterocycles. The number of nitrogens with zero attached hydrogens (tertiary/aromatic N) is 2. The van der Waals surface area contributed by atoms with Gasteiger partial charge in [0.15, 0.2) is 0 Å². The second-order valence-electron chi connectivity index (χ2n) is 4.01. The summed E-state index contributed by atoms with van der Waals surface area (Å²) in [6.07, 6.45) is 0. The van der Waals surface area contributed by atoms with Crippen molar-refractivity contribution in [2.24, 2.45) is 10.7 Å². The van der Waals surface area contributed by atoms with Gasteiger partial charge in [0, 0.05) is 18.8 Å². The van der Waals surface area contributed by atoms with Crippen molar-refractivity contribution in [3.8, 4) is 0 Å². The lowest BCUT2D eigenvalue weighted by atomic mass is 10.1. The summed E-state index contributed by atoms with van der Waals surface area (Å²) in [6.45, 7) is 5.67. The van der Waals surface area contributed by atoms with E-state index in [0.29, 0.717) is 12.4 Å². The van der Waals surface area contributed by atoms with Gasteiger partial charge in [-0.2, -0.15) is 0 Å². The van der Waals surface area contributed by atoms with Crippen LogP contribution in [-0.4, -0.2) is 36.5 Å². The van der Waals surface area contributed by atoms with E-state index in [1.54, 1.807) is 0 Å². The highest BCUT2D eigenvalue weighted by molar-refractivity contribution is 6.28. The number of alkyl halides is 1. The Kier molecular flexibility index (Phi) is 5.95. The van der Waals surface area contributed by atoms with E-state index >= 15 is 0 Å². The summed E-state index contributed by atoms with van der Waals surface area (Å²) < 4.78 is 0. The summed E-state index contributed by atoms with van der Waals surface area (Å²) in [7, 11) is 0. The highest BCUT2D eigenvalue weighted by Crippen LogP contribution is 2.24. The molecule has 1 aromatic rings. The molecule has 1 aromatic carbocycles. The lowest BCUT2D eigenvalue weighted by molar-refractivity contribution is 0.302. The maximum absolute atomic E-state index is 9.01. The normalized spacial score (nSPS) is 11.7. The highest BCUT2D eigenvalue weighted by Gasteiger charge is 2.06. The van der Waals surface area contributed by atoms with Gasteiger partial charge in [-0.1, -0.05) is 0 Å². The van der Waals surface area contributed by atoms with E-state index < -0.39 is 0 Å². The van der Waals surface area contributed by atoms with E-state index in [1.165, 1.54) is 0 Å². The summed E-state index contributed by atoms with van der Waals surface area (Å²) in [5.74, 6) is 0.641. The minimum absolute atomic E-state index is 0.145. The van der Waals surface area contributed by atoms with Crippen molar-refractivity contribution in [2.45, 2.75) is 13.8 Å². The lowest BCUT2D eigenvalue weighted by Crippen LogP contribution is -2.26. The number of hydrogen-bond donors (Lipinski definition) is 2. The molecule has 0 atom stereocenters. The summed E-state index contributed by atoms with van der Waals surface area (Å²) in [6, 6.07) is 5.94. The molecule has 0 saturated heterocycles. The van der Waals surface area contributed by atoms with Crippen molar-refractivity contribution in [1.29, 1.82) is 0 Å². The third-order valence-corrected chi connectivity index (χ3v) is 2.97. The Labute approximate surface area is 113 Å². The maximum Gasteiger partial charge on any atom is 0.115 e. The van der Waals surface area contributed by atoms with Gasteiger partial charge < -0.3 is 15.7 Å². The fourth-order valence-corrected chi connectivity index (χ4v) is 1.80. The number of benzene rings is 1. The van der Waals surface area contributed by atoms with Crippen LogP contribution in [-0.2, 0) is 0 Å². The van der Waals surface area contributed by atoms with Crippen molar-refractivity contribution in [3.63, 3.8) is 0 Å². The number of nitrogens with two attached hydrogens (primary N) is 1. The molecule has 0 amide bonds. The number of aliphatic imine (C=N–C) groups is 1. The van der Waals surface area contributed by atoms with Gasteiger partial charge in [-0.3, -0.25) is 0 Å². The van der Waals surface area contributed by atoms with Crippen molar-refractivity contribution >= 4 is 28.8 Å². The number of aryl methyl sites for hydroxylation is 1. The Bertz CT molecular complexity index is 421. The SMILES string of the molecule is CCN(CCO)c1ccc(N=C(N)CCl)c(C)c1. The van der Waals surface area contributed by atoms with Gasteiger partial charge in [0.25, 0.3) is 0 Å². The third-order valence-electron chi connectivity index (χ3n) is 2.70. The van der Waals surface area contributed by atoms with Gasteiger partial charge in [-0.05, 0) is 37.6 Å². The zero-order chi connectivity index (χ0) is 13.5. The molecule has 0 bridgehead atoms. The van der Waals surface area contributed by atoms with Gasteiger partial charge in [-0.25, -0.2) is 4.99 Å². The number of anilines is 1. The van der Waals surface area contributed by atoms with Crippen molar-refractivity contribution in [2.75, 3.05) is 30.5 Å². The molecular formula is C13H20ClN3O. The van der Waals surface area contributed by atoms with E-state index in [9.17, 15) is 0 Å². The standard InChI is InChI=1S/C13H20ClN3O/c1-3-17(6-7-18)11-4-5-12(10(2)8-11)16-13(15)9-14/h4-5,8,18H,3,6-7,9H2,1-2H3,(H2,15,16). The molecule has 0 spiro atoms. The van der Waals surface area contributed by atoms with E-state index in [0.717, 1.165) is 23.5 Å². The van der Waals surface area contributed by atoms with Gasteiger partial charge in [0.2, 0.25) is 0 Å². The molecular weight excluding hydrogens is 250 g/mol. The van der Waals surface area contributed by atoms with Crippen LogP contribution in [0.4, 0.5) is 11.4 Å². The molecule has 0 aliphatic carbocycles. The summed E-state index contributed by atoms with van der Waals surface area (Å²) in [4.78, 5) is 6.35. The first-order chi connectivity index (χ1) is 8.62. The van der Waals surface area contributed by atoms with Crippen LogP contribution in [0, 0.1) is 6.92 Å². The maximum atomic E-state index is 9.01. The first-order valence-electron chi connectivity index (χ1n) is 5.97. The van der Waals surface area contributed by atoms with E-state index in [2.05, 4.69) is 16.8 Å². The van der Waals surface area contributed by atoms with E-state index in [-0.39, 0.29) is 12.5 Å². The van der Waals surface area contributed by atoms with Crippen LogP contribution in [0.3, 0.4) is 0 Å². The minimum atomic E-state index is 0.145. The molecule has 0 radical (unpaired) electrons. The molecule has 0 aliphatic heterocycles. The summed E-state index contributed by atoms with van der Waals surface area (Å²) >= 11 is 5.61. The van der Waals surface area contributed by atoms with Crippen LogP contribution in [0.25, 0.3) is 0 Å². The van der Waals surface area contributed by atoms with Crippen molar-refractivity contribution in [3.05, 3.63) is 23.8 Å². The number of rotatable bonds is 6. The fraction of sp³-hybridized carbons (Fsp3) is 0.462. The van der Waals surface area contributed by atoms with E-state index in [4.69, 9.17) is 22.4 Å². The average Bonchev–Trinajstić information content (AvgIpc) is 2.38. The Hall–Kier alpha value is -1.26. The number of aliphatic hydroxyl groups is 1. The zero-order valence-electron chi connectivity index (χ0n) is 10.9. The Balaban J connectivity index is 2.97. The second kappa shape index (κ2) is 7.24. The minimum Gasteiger partial charge on any atom is -0.395 e. The van der Waals surface area contributed by atoms with E-state index in [1.807, 2.05) is 25.1 Å². The van der Waals surface area contributed by atoms with Crippen LogP contribution in [0.2, 0.25) is 0 Å².